The molecule has 0 amide bonds. The average Bonchev–Trinajstić information content (AvgIpc) is 2.34. The lowest BCUT2D eigenvalue weighted by Crippen LogP contribution is -2.06. The summed E-state index contributed by atoms with van der Waals surface area (Å²) in [4.78, 5) is 15.5. The van der Waals surface area contributed by atoms with Crippen molar-refractivity contribution in [3.63, 3.8) is 0 Å². The van der Waals surface area contributed by atoms with Crippen LogP contribution in [-0.4, -0.2) is 16.1 Å². The van der Waals surface area contributed by atoms with Gasteiger partial charge >= 0.3 is 5.97 Å². The number of rotatable bonds is 3. The summed E-state index contributed by atoms with van der Waals surface area (Å²) in [5, 5.41) is 12.2. The van der Waals surface area contributed by atoms with Crippen molar-refractivity contribution in [3.05, 3.63) is 47.3 Å². The molecule has 5 nitrogen and oxygen atoms in total. The number of benzene rings is 1. The average molecular weight is 257 g/mol. The fraction of sp³-hybridized carbons (Fsp3) is 0.143. The number of hydrogen-bond acceptors (Lipinski definition) is 4. The van der Waals surface area contributed by atoms with Gasteiger partial charge in [0.1, 0.15) is 0 Å². The molecule has 1 aromatic heterocycles. The molecule has 0 bridgehead atoms. The second-order valence-corrected chi connectivity index (χ2v) is 4.29. The van der Waals surface area contributed by atoms with Gasteiger partial charge < -0.3 is 16.2 Å². The molecule has 19 heavy (non-hydrogen) atoms. The van der Waals surface area contributed by atoms with Crippen LogP contribution in [-0.2, 0) is 0 Å². The number of para-hydroxylation sites is 1. The number of nitrogens with zero attached hydrogens (tertiary/aromatic N) is 1. The van der Waals surface area contributed by atoms with E-state index in [1.165, 1.54) is 6.07 Å². The van der Waals surface area contributed by atoms with Crippen molar-refractivity contribution in [2.75, 3.05) is 11.1 Å². The van der Waals surface area contributed by atoms with Gasteiger partial charge in [-0.3, -0.25) is 4.98 Å². The molecule has 0 atom stereocenters. The third-order valence-electron chi connectivity index (χ3n) is 2.81. The number of pyridine rings is 1. The molecule has 0 aliphatic carbocycles. The van der Waals surface area contributed by atoms with Crippen molar-refractivity contribution < 1.29 is 9.90 Å². The molecule has 1 aromatic carbocycles. The van der Waals surface area contributed by atoms with E-state index in [4.69, 9.17) is 5.73 Å². The molecule has 0 saturated carbocycles. The summed E-state index contributed by atoms with van der Waals surface area (Å²) in [6.45, 7) is 3.76. The van der Waals surface area contributed by atoms with Gasteiger partial charge in [-0.2, -0.15) is 0 Å². The maximum absolute atomic E-state index is 11.2. The van der Waals surface area contributed by atoms with E-state index in [1.54, 1.807) is 12.1 Å². The molecule has 2 aromatic rings. The highest BCUT2D eigenvalue weighted by Gasteiger charge is 2.13. The predicted molar refractivity (Wildman–Crippen MR) is 74.8 cm³/mol. The highest BCUT2D eigenvalue weighted by Crippen LogP contribution is 2.28. The largest absolute Gasteiger partial charge is 0.478 e. The number of carboxylic acids is 1. The molecule has 0 aliphatic rings. The standard InChI is InChI=1S/C14H15N3O2/c1-8-6-7-12(9(2)16-8)17-13-10(14(18)19)4-3-5-11(13)15/h3-7,17H,15H2,1-2H3,(H,18,19). The number of nitrogen functional groups attached to an aromatic ring is 1. The molecule has 0 fully saturated rings. The monoisotopic (exact) mass is 257 g/mol. The smallest absolute Gasteiger partial charge is 0.337 e. The molecule has 2 rings (SSSR count). The van der Waals surface area contributed by atoms with E-state index >= 15 is 0 Å². The summed E-state index contributed by atoms with van der Waals surface area (Å²) in [6.07, 6.45) is 0. The van der Waals surface area contributed by atoms with Crippen LogP contribution in [0.1, 0.15) is 21.7 Å². The molecular weight excluding hydrogens is 242 g/mol. The fourth-order valence-corrected chi connectivity index (χ4v) is 1.84. The number of nitrogens with one attached hydrogen (secondary N) is 1. The van der Waals surface area contributed by atoms with Crippen molar-refractivity contribution in [1.29, 1.82) is 0 Å². The Morgan fingerprint density at radius 1 is 1.26 bits per heavy atom. The molecule has 5 heteroatoms. The van der Waals surface area contributed by atoms with Crippen LogP contribution in [0.25, 0.3) is 0 Å². The van der Waals surface area contributed by atoms with Gasteiger partial charge in [0.2, 0.25) is 0 Å². The Labute approximate surface area is 111 Å². The van der Waals surface area contributed by atoms with Crippen LogP contribution in [0.2, 0.25) is 0 Å². The molecule has 0 unspecified atom stereocenters. The highest BCUT2D eigenvalue weighted by molar-refractivity contribution is 5.98. The second-order valence-electron chi connectivity index (χ2n) is 4.29. The molecule has 0 aliphatic heterocycles. The Morgan fingerprint density at radius 2 is 2.00 bits per heavy atom. The van der Waals surface area contributed by atoms with Crippen LogP contribution in [0.5, 0.6) is 0 Å². The van der Waals surface area contributed by atoms with Crippen molar-refractivity contribution in [1.82, 2.24) is 4.98 Å². The van der Waals surface area contributed by atoms with E-state index in [1.807, 2.05) is 26.0 Å². The summed E-state index contributed by atoms with van der Waals surface area (Å²) >= 11 is 0. The lowest BCUT2D eigenvalue weighted by Gasteiger charge is -2.14. The minimum absolute atomic E-state index is 0.139. The molecule has 4 N–H and O–H groups in total. The van der Waals surface area contributed by atoms with E-state index in [0.717, 1.165) is 17.1 Å². The Balaban J connectivity index is 2.46. The Hall–Kier alpha value is -2.56. The van der Waals surface area contributed by atoms with Gasteiger partial charge in [0, 0.05) is 5.69 Å². The molecule has 0 radical (unpaired) electrons. The molecule has 1 heterocycles. The number of aromatic carboxylic acids is 1. The van der Waals surface area contributed by atoms with Crippen LogP contribution in [0.15, 0.2) is 30.3 Å². The van der Waals surface area contributed by atoms with Crippen molar-refractivity contribution in [2.24, 2.45) is 0 Å². The third-order valence-corrected chi connectivity index (χ3v) is 2.81. The number of carbonyl (C=O) groups is 1. The van der Waals surface area contributed by atoms with Crippen LogP contribution >= 0.6 is 0 Å². The lowest BCUT2D eigenvalue weighted by molar-refractivity contribution is 0.0698. The number of nitrogens with two attached hydrogens (primary N) is 1. The SMILES string of the molecule is Cc1ccc(Nc2c(N)cccc2C(=O)O)c(C)n1. The molecule has 0 saturated heterocycles. The summed E-state index contributed by atoms with van der Waals surface area (Å²) in [7, 11) is 0. The first-order chi connectivity index (χ1) is 8.99. The summed E-state index contributed by atoms with van der Waals surface area (Å²) in [5.41, 5.74) is 9.20. The number of hydrogen-bond donors (Lipinski definition) is 3. The van der Waals surface area contributed by atoms with Crippen molar-refractivity contribution in [2.45, 2.75) is 13.8 Å². The maximum Gasteiger partial charge on any atom is 0.337 e. The zero-order chi connectivity index (χ0) is 14.0. The predicted octanol–water partition coefficient (Wildman–Crippen LogP) is 2.72. The first-order valence-electron chi connectivity index (χ1n) is 5.82. The second kappa shape index (κ2) is 4.97. The zero-order valence-corrected chi connectivity index (χ0v) is 10.8. The van der Waals surface area contributed by atoms with Crippen LogP contribution in [0, 0.1) is 13.8 Å². The van der Waals surface area contributed by atoms with Crippen LogP contribution < -0.4 is 11.1 Å². The quantitative estimate of drug-likeness (QED) is 0.736. The summed E-state index contributed by atoms with van der Waals surface area (Å²) in [6, 6.07) is 8.50. The number of anilines is 3. The van der Waals surface area contributed by atoms with E-state index < -0.39 is 5.97 Å². The Bertz CT molecular complexity index is 639. The fourth-order valence-electron chi connectivity index (χ4n) is 1.84. The molecule has 0 spiro atoms. The minimum Gasteiger partial charge on any atom is -0.478 e. The number of aromatic nitrogens is 1. The van der Waals surface area contributed by atoms with E-state index in [0.29, 0.717) is 11.4 Å². The van der Waals surface area contributed by atoms with E-state index in [9.17, 15) is 9.90 Å². The highest BCUT2D eigenvalue weighted by atomic mass is 16.4. The van der Waals surface area contributed by atoms with Crippen LogP contribution in [0.4, 0.5) is 17.1 Å². The summed E-state index contributed by atoms with van der Waals surface area (Å²) < 4.78 is 0. The van der Waals surface area contributed by atoms with Gasteiger partial charge in [-0.15, -0.1) is 0 Å². The number of aryl methyl sites for hydroxylation is 2. The topological polar surface area (TPSA) is 88.2 Å². The third kappa shape index (κ3) is 2.65. The molecular formula is C14H15N3O2. The summed E-state index contributed by atoms with van der Waals surface area (Å²) in [5.74, 6) is -1.02. The lowest BCUT2D eigenvalue weighted by atomic mass is 10.1. The minimum atomic E-state index is -1.02. The zero-order valence-electron chi connectivity index (χ0n) is 10.8. The first-order valence-corrected chi connectivity index (χ1v) is 5.82. The van der Waals surface area contributed by atoms with Gasteiger partial charge in [0.15, 0.2) is 0 Å². The number of carboxylic acid groups (broad SMARTS) is 1. The van der Waals surface area contributed by atoms with Gasteiger partial charge in [-0.1, -0.05) is 6.07 Å². The van der Waals surface area contributed by atoms with Gasteiger partial charge in [0.25, 0.3) is 0 Å². The van der Waals surface area contributed by atoms with Crippen molar-refractivity contribution in [3.8, 4) is 0 Å². The van der Waals surface area contributed by atoms with E-state index in [-0.39, 0.29) is 5.56 Å². The van der Waals surface area contributed by atoms with Crippen LogP contribution in [0.3, 0.4) is 0 Å². The van der Waals surface area contributed by atoms with E-state index in [2.05, 4.69) is 10.3 Å². The van der Waals surface area contributed by atoms with Gasteiger partial charge in [-0.25, -0.2) is 4.79 Å². The molecule has 98 valence electrons. The first kappa shape index (κ1) is 12.9. The van der Waals surface area contributed by atoms with Gasteiger partial charge in [0.05, 0.1) is 28.3 Å². The Morgan fingerprint density at radius 3 is 2.63 bits per heavy atom. The van der Waals surface area contributed by atoms with Crippen molar-refractivity contribution >= 4 is 23.0 Å². The van der Waals surface area contributed by atoms with Gasteiger partial charge in [-0.05, 0) is 38.1 Å². The Kier molecular flexibility index (Phi) is 3.37. The maximum atomic E-state index is 11.2. The normalized spacial score (nSPS) is 10.2.